The van der Waals surface area contributed by atoms with Gasteiger partial charge in [0, 0.05) is 38.3 Å². The Bertz CT molecular complexity index is 1590. The number of nitrogens with zero attached hydrogens (tertiary/aromatic N) is 3. The number of benzene rings is 2. The first kappa shape index (κ1) is 25.0. The summed E-state index contributed by atoms with van der Waals surface area (Å²) in [6, 6.07) is 11.2. The number of nitrogen functional groups attached to an aromatic ring is 1. The average Bonchev–Trinajstić information content (AvgIpc) is 3.56. The Balaban J connectivity index is 1.41. The maximum atomic E-state index is 13.6. The van der Waals surface area contributed by atoms with Crippen molar-refractivity contribution in [1.82, 2.24) is 25.0 Å². The highest BCUT2D eigenvalue weighted by Gasteiger charge is 2.29. The zero-order valence-corrected chi connectivity index (χ0v) is 21.0. The van der Waals surface area contributed by atoms with Crippen LogP contribution in [0.15, 0.2) is 53.5 Å². The maximum absolute atomic E-state index is 13.6. The SMILES string of the molecule is COc1ccc(F)cc1C(=O)NCc1ccc(-c2cn([C@@H]3CCN(C(C)=O)C3)c3c(=O)[nH]nc(N)c23)cc1. The third-order valence-electron chi connectivity index (χ3n) is 6.91. The van der Waals surface area contributed by atoms with Crippen molar-refractivity contribution in [3.8, 4) is 16.9 Å². The van der Waals surface area contributed by atoms with Gasteiger partial charge < -0.3 is 25.3 Å². The lowest BCUT2D eigenvalue weighted by Gasteiger charge is -2.15. The number of aromatic nitrogens is 3. The third kappa shape index (κ3) is 4.58. The van der Waals surface area contributed by atoms with Gasteiger partial charge in [-0.05, 0) is 35.7 Å². The second-order valence-electron chi connectivity index (χ2n) is 9.24. The molecule has 38 heavy (non-hydrogen) atoms. The number of H-pyrrole nitrogens is 1. The fourth-order valence-electron chi connectivity index (χ4n) is 4.93. The molecule has 10 nitrogen and oxygen atoms in total. The Labute approximate surface area is 217 Å². The van der Waals surface area contributed by atoms with E-state index >= 15 is 0 Å². The molecular formula is C27H27FN6O4. The topological polar surface area (TPSA) is 135 Å². The molecule has 2 aromatic heterocycles. The quantitative estimate of drug-likeness (QED) is 0.359. The van der Waals surface area contributed by atoms with Crippen molar-refractivity contribution in [2.45, 2.75) is 25.9 Å². The van der Waals surface area contributed by atoms with Crippen LogP contribution < -0.4 is 21.3 Å². The number of anilines is 1. The summed E-state index contributed by atoms with van der Waals surface area (Å²) in [7, 11) is 1.42. The number of carbonyl (C=O) groups is 2. The molecule has 1 aliphatic rings. The van der Waals surface area contributed by atoms with Gasteiger partial charge in [-0.25, -0.2) is 9.49 Å². The monoisotopic (exact) mass is 518 g/mol. The molecule has 1 saturated heterocycles. The van der Waals surface area contributed by atoms with Crippen LogP contribution in [0, 0.1) is 5.82 Å². The van der Waals surface area contributed by atoms with Crippen molar-refractivity contribution in [2.24, 2.45) is 0 Å². The van der Waals surface area contributed by atoms with Gasteiger partial charge in [-0.1, -0.05) is 24.3 Å². The number of likely N-dealkylation sites (tertiary alicyclic amines) is 1. The minimum Gasteiger partial charge on any atom is -0.496 e. The lowest BCUT2D eigenvalue weighted by atomic mass is 10.0. The number of nitrogens with two attached hydrogens (primary N) is 1. The largest absolute Gasteiger partial charge is 0.496 e. The van der Waals surface area contributed by atoms with E-state index in [4.69, 9.17) is 10.5 Å². The van der Waals surface area contributed by atoms with Crippen molar-refractivity contribution < 1.29 is 18.7 Å². The second-order valence-corrected chi connectivity index (χ2v) is 9.24. The number of rotatable bonds is 6. The number of carbonyl (C=O) groups excluding carboxylic acids is 2. The molecule has 2 aromatic carbocycles. The molecule has 196 valence electrons. The van der Waals surface area contributed by atoms with Gasteiger partial charge in [0.15, 0.2) is 5.82 Å². The summed E-state index contributed by atoms with van der Waals surface area (Å²) in [5, 5.41) is 9.76. The van der Waals surface area contributed by atoms with Crippen LogP contribution in [-0.4, -0.2) is 51.7 Å². The summed E-state index contributed by atoms with van der Waals surface area (Å²) in [5.41, 5.74) is 8.77. The summed E-state index contributed by atoms with van der Waals surface area (Å²) >= 11 is 0. The number of hydrogen-bond acceptors (Lipinski definition) is 6. The van der Waals surface area contributed by atoms with E-state index in [0.717, 1.165) is 29.2 Å². The Morgan fingerprint density at radius 3 is 2.68 bits per heavy atom. The lowest BCUT2D eigenvalue weighted by Crippen LogP contribution is -2.26. The molecule has 2 amide bonds. The van der Waals surface area contributed by atoms with Crippen LogP contribution in [0.5, 0.6) is 5.75 Å². The first-order valence-electron chi connectivity index (χ1n) is 12.1. The van der Waals surface area contributed by atoms with Crippen LogP contribution >= 0.6 is 0 Å². The standard InChI is InChI=1S/C27H27FN6O4/c1-15(35)33-10-9-19(13-33)34-14-21(23-24(34)27(37)32-31-25(23)29)17-5-3-16(4-6-17)12-30-26(36)20-11-18(28)7-8-22(20)38-2/h3-8,11,14,19H,9-10,12-13H2,1-2H3,(H2,29,31)(H,30,36)(H,32,37)/t19-/m1/s1. The molecule has 11 heteroatoms. The summed E-state index contributed by atoms with van der Waals surface area (Å²) in [6.45, 7) is 2.88. The fraction of sp³-hybridized carbons (Fsp3) is 0.259. The number of hydrogen-bond donors (Lipinski definition) is 3. The Morgan fingerprint density at radius 2 is 2.00 bits per heavy atom. The molecular weight excluding hydrogens is 491 g/mol. The van der Waals surface area contributed by atoms with Gasteiger partial charge in [0.05, 0.1) is 24.1 Å². The van der Waals surface area contributed by atoms with E-state index in [-0.39, 0.29) is 41.2 Å². The Morgan fingerprint density at radius 1 is 1.24 bits per heavy atom. The van der Waals surface area contributed by atoms with Gasteiger partial charge >= 0.3 is 0 Å². The molecule has 0 bridgehead atoms. The Kier molecular flexibility index (Phi) is 6.58. The van der Waals surface area contributed by atoms with Crippen LogP contribution in [-0.2, 0) is 11.3 Å². The van der Waals surface area contributed by atoms with E-state index in [0.29, 0.717) is 24.0 Å². The van der Waals surface area contributed by atoms with Crippen LogP contribution in [0.3, 0.4) is 0 Å². The predicted octanol–water partition coefficient (Wildman–Crippen LogP) is 2.84. The normalized spacial score (nSPS) is 15.1. The number of methoxy groups -OCH3 is 1. The van der Waals surface area contributed by atoms with Crippen molar-refractivity contribution >= 4 is 28.5 Å². The average molecular weight is 519 g/mol. The number of fused-ring (bicyclic) bond motifs is 1. The van der Waals surface area contributed by atoms with Crippen LogP contribution in [0.1, 0.15) is 35.3 Å². The minimum atomic E-state index is -0.529. The molecule has 0 aliphatic carbocycles. The zero-order chi connectivity index (χ0) is 27.0. The lowest BCUT2D eigenvalue weighted by molar-refractivity contribution is -0.127. The highest BCUT2D eigenvalue weighted by atomic mass is 19.1. The van der Waals surface area contributed by atoms with E-state index in [2.05, 4.69) is 15.5 Å². The molecule has 4 N–H and O–H groups in total. The van der Waals surface area contributed by atoms with Gasteiger partial charge in [-0.2, -0.15) is 5.10 Å². The summed E-state index contributed by atoms with van der Waals surface area (Å²) < 4.78 is 20.7. The van der Waals surface area contributed by atoms with E-state index in [1.807, 2.05) is 35.0 Å². The first-order valence-corrected chi connectivity index (χ1v) is 12.1. The molecule has 1 aliphatic heterocycles. The highest BCUT2D eigenvalue weighted by molar-refractivity contribution is 6.02. The number of ether oxygens (including phenoxy) is 1. The third-order valence-corrected chi connectivity index (χ3v) is 6.91. The number of nitrogens with one attached hydrogen (secondary N) is 2. The van der Waals surface area contributed by atoms with Crippen molar-refractivity contribution in [3.05, 3.63) is 76.0 Å². The summed E-state index contributed by atoms with van der Waals surface area (Å²) in [6.07, 6.45) is 2.61. The highest BCUT2D eigenvalue weighted by Crippen LogP contribution is 2.35. The number of amides is 2. The van der Waals surface area contributed by atoms with Gasteiger partial charge in [-0.15, -0.1) is 0 Å². The van der Waals surface area contributed by atoms with Gasteiger partial charge in [-0.3, -0.25) is 14.4 Å². The van der Waals surface area contributed by atoms with Crippen LogP contribution in [0.25, 0.3) is 22.0 Å². The minimum absolute atomic E-state index is 0.00204. The second kappa shape index (κ2) is 10.0. The molecule has 0 unspecified atom stereocenters. The smallest absolute Gasteiger partial charge is 0.288 e. The molecule has 3 heterocycles. The molecule has 0 spiro atoms. The molecule has 5 rings (SSSR count). The zero-order valence-electron chi connectivity index (χ0n) is 21.0. The van der Waals surface area contributed by atoms with E-state index in [9.17, 15) is 18.8 Å². The molecule has 4 aromatic rings. The van der Waals surface area contributed by atoms with E-state index in [1.54, 1.807) is 4.90 Å². The summed E-state index contributed by atoms with van der Waals surface area (Å²) in [5.74, 6) is -0.500. The Hall–Kier alpha value is -4.67. The number of halogens is 1. The van der Waals surface area contributed by atoms with Gasteiger partial charge in [0.25, 0.3) is 11.5 Å². The fourth-order valence-corrected chi connectivity index (χ4v) is 4.93. The van der Waals surface area contributed by atoms with Gasteiger partial charge in [0.1, 0.15) is 17.1 Å². The van der Waals surface area contributed by atoms with E-state index < -0.39 is 11.7 Å². The van der Waals surface area contributed by atoms with Crippen LogP contribution in [0.2, 0.25) is 0 Å². The van der Waals surface area contributed by atoms with Crippen molar-refractivity contribution in [2.75, 3.05) is 25.9 Å². The maximum Gasteiger partial charge on any atom is 0.288 e. The van der Waals surface area contributed by atoms with Gasteiger partial charge in [0.2, 0.25) is 5.91 Å². The number of aromatic amines is 1. The summed E-state index contributed by atoms with van der Waals surface area (Å²) in [4.78, 5) is 39.0. The molecule has 1 fully saturated rings. The van der Waals surface area contributed by atoms with E-state index in [1.165, 1.54) is 26.2 Å². The molecule has 1 atom stereocenters. The first-order chi connectivity index (χ1) is 18.3. The van der Waals surface area contributed by atoms with Crippen molar-refractivity contribution in [3.63, 3.8) is 0 Å². The molecule has 0 saturated carbocycles. The predicted molar refractivity (Wildman–Crippen MR) is 140 cm³/mol. The molecule has 0 radical (unpaired) electrons. The van der Waals surface area contributed by atoms with Crippen molar-refractivity contribution in [1.29, 1.82) is 0 Å². The van der Waals surface area contributed by atoms with Crippen LogP contribution in [0.4, 0.5) is 10.2 Å².